The summed E-state index contributed by atoms with van der Waals surface area (Å²) < 4.78 is 0. The lowest BCUT2D eigenvalue weighted by Crippen LogP contribution is -2.47. The first kappa shape index (κ1) is 15.6. The SMILES string of the molecule is Cc1ccc(N2CCN(CCCN3CCNC3=S)CC2)cc1. The normalized spacial score (nSPS) is 19.6. The van der Waals surface area contributed by atoms with Crippen LogP contribution < -0.4 is 10.2 Å². The number of piperazine rings is 1. The maximum atomic E-state index is 5.28. The van der Waals surface area contributed by atoms with Gasteiger partial charge in [0.2, 0.25) is 0 Å². The van der Waals surface area contributed by atoms with E-state index in [4.69, 9.17) is 12.2 Å². The minimum atomic E-state index is 0.934. The molecule has 1 N–H and O–H groups in total. The molecule has 1 aromatic carbocycles. The van der Waals surface area contributed by atoms with Gasteiger partial charge in [-0.15, -0.1) is 0 Å². The summed E-state index contributed by atoms with van der Waals surface area (Å²) in [5.41, 5.74) is 2.69. The van der Waals surface area contributed by atoms with Crippen LogP contribution in [-0.4, -0.2) is 67.3 Å². The van der Waals surface area contributed by atoms with Crippen LogP contribution in [0.2, 0.25) is 0 Å². The van der Waals surface area contributed by atoms with Crippen molar-refractivity contribution < 1.29 is 0 Å². The summed E-state index contributed by atoms with van der Waals surface area (Å²) in [6.07, 6.45) is 1.20. The Hall–Kier alpha value is -1.33. The van der Waals surface area contributed by atoms with Gasteiger partial charge < -0.3 is 15.1 Å². The Morgan fingerprint density at radius 3 is 2.36 bits per heavy atom. The molecule has 2 fully saturated rings. The van der Waals surface area contributed by atoms with Crippen LogP contribution in [0, 0.1) is 6.92 Å². The molecule has 0 aromatic heterocycles. The predicted molar refractivity (Wildman–Crippen MR) is 96.6 cm³/mol. The van der Waals surface area contributed by atoms with E-state index in [9.17, 15) is 0 Å². The molecule has 0 amide bonds. The molecule has 1 aromatic rings. The highest BCUT2D eigenvalue weighted by Crippen LogP contribution is 2.17. The van der Waals surface area contributed by atoms with Gasteiger partial charge in [0, 0.05) is 51.5 Å². The average Bonchev–Trinajstić information content (AvgIpc) is 2.94. The second kappa shape index (κ2) is 7.29. The average molecular weight is 318 g/mol. The summed E-state index contributed by atoms with van der Waals surface area (Å²) in [6, 6.07) is 8.89. The molecule has 22 heavy (non-hydrogen) atoms. The van der Waals surface area contributed by atoms with Crippen molar-refractivity contribution in [1.29, 1.82) is 0 Å². The Morgan fingerprint density at radius 1 is 1.00 bits per heavy atom. The van der Waals surface area contributed by atoms with Gasteiger partial charge in [-0.2, -0.15) is 0 Å². The molecule has 0 atom stereocenters. The third-order valence-corrected chi connectivity index (χ3v) is 5.02. The topological polar surface area (TPSA) is 21.8 Å². The fourth-order valence-electron chi connectivity index (χ4n) is 3.19. The van der Waals surface area contributed by atoms with Gasteiger partial charge >= 0.3 is 0 Å². The number of benzene rings is 1. The van der Waals surface area contributed by atoms with Crippen LogP contribution in [0.3, 0.4) is 0 Å². The molecule has 0 unspecified atom stereocenters. The van der Waals surface area contributed by atoms with Crippen molar-refractivity contribution in [2.75, 3.05) is 57.3 Å². The Balaban J connectivity index is 1.38. The lowest BCUT2D eigenvalue weighted by atomic mass is 10.2. The van der Waals surface area contributed by atoms with Crippen LogP contribution in [0.1, 0.15) is 12.0 Å². The minimum absolute atomic E-state index is 0.934. The van der Waals surface area contributed by atoms with Gasteiger partial charge in [-0.05, 0) is 44.2 Å². The Labute approximate surface area is 139 Å². The summed E-state index contributed by atoms with van der Waals surface area (Å²) in [6.45, 7) is 11.1. The maximum absolute atomic E-state index is 5.28. The zero-order valence-electron chi connectivity index (χ0n) is 13.4. The van der Waals surface area contributed by atoms with E-state index >= 15 is 0 Å². The first-order valence-corrected chi connectivity index (χ1v) is 8.70. The van der Waals surface area contributed by atoms with Crippen molar-refractivity contribution in [3.8, 4) is 0 Å². The first-order valence-electron chi connectivity index (χ1n) is 8.29. The fraction of sp³-hybridized carbons (Fsp3) is 0.588. The molecule has 0 aliphatic carbocycles. The monoisotopic (exact) mass is 318 g/mol. The molecule has 120 valence electrons. The molecule has 2 heterocycles. The second-order valence-electron chi connectivity index (χ2n) is 6.24. The second-order valence-corrected chi connectivity index (χ2v) is 6.62. The highest BCUT2D eigenvalue weighted by molar-refractivity contribution is 7.80. The number of nitrogens with one attached hydrogen (secondary N) is 1. The summed E-state index contributed by atoms with van der Waals surface area (Å²) in [5, 5.41) is 4.16. The molecule has 0 radical (unpaired) electrons. The van der Waals surface area contributed by atoms with Gasteiger partial charge in [-0.1, -0.05) is 17.7 Å². The third-order valence-electron chi connectivity index (χ3n) is 4.62. The molecule has 2 saturated heterocycles. The minimum Gasteiger partial charge on any atom is -0.369 e. The Bertz CT molecular complexity index is 494. The van der Waals surface area contributed by atoms with Gasteiger partial charge in [0.25, 0.3) is 0 Å². The molecule has 4 nitrogen and oxygen atoms in total. The van der Waals surface area contributed by atoms with Crippen molar-refractivity contribution in [3.63, 3.8) is 0 Å². The fourth-order valence-corrected chi connectivity index (χ4v) is 3.48. The number of thiocarbonyl (C=S) groups is 1. The van der Waals surface area contributed by atoms with Crippen molar-refractivity contribution in [2.45, 2.75) is 13.3 Å². The Kier molecular flexibility index (Phi) is 5.16. The van der Waals surface area contributed by atoms with Crippen LogP contribution in [-0.2, 0) is 0 Å². The summed E-state index contributed by atoms with van der Waals surface area (Å²) >= 11 is 5.28. The van der Waals surface area contributed by atoms with E-state index in [-0.39, 0.29) is 0 Å². The summed E-state index contributed by atoms with van der Waals surface area (Å²) in [4.78, 5) is 7.37. The molecular weight excluding hydrogens is 292 g/mol. The van der Waals surface area contributed by atoms with Crippen LogP contribution in [0.25, 0.3) is 0 Å². The Morgan fingerprint density at radius 2 is 1.73 bits per heavy atom. The van der Waals surface area contributed by atoms with Crippen LogP contribution in [0.5, 0.6) is 0 Å². The first-order chi connectivity index (χ1) is 10.7. The number of hydrogen-bond acceptors (Lipinski definition) is 3. The van der Waals surface area contributed by atoms with E-state index < -0.39 is 0 Å². The van der Waals surface area contributed by atoms with Gasteiger partial charge in [-0.25, -0.2) is 0 Å². The van der Waals surface area contributed by atoms with Gasteiger partial charge in [0.15, 0.2) is 5.11 Å². The summed E-state index contributed by atoms with van der Waals surface area (Å²) in [7, 11) is 0. The van der Waals surface area contributed by atoms with Crippen LogP contribution >= 0.6 is 12.2 Å². The lowest BCUT2D eigenvalue weighted by molar-refractivity contribution is 0.246. The largest absolute Gasteiger partial charge is 0.369 e. The summed E-state index contributed by atoms with van der Waals surface area (Å²) in [5.74, 6) is 0. The van der Waals surface area contributed by atoms with E-state index in [1.807, 2.05) is 0 Å². The number of aryl methyl sites for hydroxylation is 1. The van der Waals surface area contributed by atoms with Gasteiger partial charge in [0.1, 0.15) is 0 Å². The molecule has 0 saturated carbocycles. The van der Waals surface area contributed by atoms with E-state index in [0.717, 1.165) is 50.9 Å². The van der Waals surface area contributed by atoms with Crippen molar-refractivity contribution in [3.05, 3.63) is 29.8 Å². The molecule has 5 heteroatoms. The van der Waals surface area contributed by atoms with E-state index in [1.54, 1.807) is 0 Å². The molecular formula is C17H26N4S. The van der Waals surface area contributed by atoms with Gasteiger partial charge in [-0.3, -0.25) is 4.90 Å². The zero-order chi connectivity index (χ0) is 15.4. The zero-order valence-corrected chi connectivity index (χ0v) is 14.2. The lowest BCUT2D eigenvalue weighted by Gasteiger charge is -2.36. The molecule has 0 spiro atoms. The van der Waals surface area contributed by atoms with E-state index in [1.165, 1.54) is 24.2 Å². The standard InChI is InChI=1S/C17H26N4S/c1-15-3-5-16(6-4-15)20-13-11-19(12-14-20)8-2-9-21-10-7-18-17(21)22/h3-6H,2,7-14H2,1H3,(H,18,22). The quantitative estimate of drug-likeness (QED) is 0.832. The van der Waals surface area contributed by atoms with E-state index in [2.05, 4.69) is 51.2 Å². The number of anilines is 1. The highest BCUT2D eigenvalue weighted by Gasteiger charge is 2.18. The third kappa shape index (κ3) is 3.90. The van der Waals surface area contributed by atoms with Crippen molar-refractivity contribution >= 4 is 23.0 Å². The number of nitrogens with zero attached hydrogens (tertiary/aromatic N) is 3. The molecule has 3 rings (SSSR count). The van der Waals surface area contributed by atoms with Gasteiger partial charge in [0.05, 0.1) is 0 Å². The van der Waals surface area contributed by atoms with Crippen molar-refractivity contribution in [2.24, 2.45) is 0 Å². The van der Waals surface area contributed by atoms with Crippen LogP contribution in [0.4, 0.5) is 5.69 Å². The predicted octanol–water partition coefficient (Wildman–Crippen LogP) is 1.70. The molecule has 2 aliphatic rings. The molecule has 2 aliphatic heterocycles. The van der Waals surface area contributed by atoms with E-state index in [0.29, 0.717) is 0 Å². The highest BCUT2D eigenvalue weighted by atomic mass is 32.1. The number of rotatable bonds is 5. The maximum Gasteiger partial charge on any atom is 0.169 e. The smallest absolute Gasteiger partial charge is 0.169 e. The van der Waals surface area contributed by atoms with Crippen LogP contribution in [0.15, 0.2) is 24.3 Å². The number of hydrogen-bond donors (Lipinski definition) is 1. The molecule has 0 bridgehead atoms. The van der Waals surface area contributed by atoms with Crippen molar-refractivity contribution in [1.82, 2.24) is 15.1 Å².